The summed E-state index contributed by atoms with van der Waals surface area (Å²) in [7, 11) is 1.52. The number of benzene rings is 2. The average molecular weight is 324 g/mol. The minimum absolute atomic E-state index is 0.129. The largest absolute Gasteiger partial charge is 0.495 e. The molecular formula is C19H20N2O3. The first kappa shape index (κ1) is 16.1. The van der Waals surface area contributed by atoms with E-state index in [4.69, 9.17) is 4.74 Å². The Kier molecular flexibility index (Phi) is 4.25. The lowest BCUT2D eigenvalue weighted by Crippen LogP contribution is -2.35. The molecule has 0 radical (unpaired) electrons. The maximum Gasteiger partial charge on any atom is 0.256 e. The fourth-order valence-electron chi connectivity index (χ4n) is 2.98. The van der Waals surface area contributed by atoms with Crippen LogP contribution in [0.25, 0.3) is 0 Å². The van der Waals surface area contributed by atoms with Gasteiger partial charge in [0.2, 0.25) is 5.91 Å². The van der Waals surface area contributed by atoms with Gasteiger partial charge in [0.05, 0.1) is 19.2 Å². The van der Waals surface area contributed by atoms with E-state index in [1.807, 2.05) is 32.0 Å². The van der Waals surface area contributed by atoms with E-state index in [9.17, 15) is 9.59 Å². The van der Waals surface area contributed by atoms with Crippen molar-refractivity contribution >= 4 is 23.2 Å². The number of nitrogens with zero attached hydrogens (tertiary/aromatic N) is 1. The van der Waals surface area contributed by atoms with E-state index < -0.39 is 6.04 Å². The van der Waals surface area contributed by atoms with Crippen LogP contribution >= 0.6 is 0 Å². The molecule has 1 aliphatic rings. The lowest BCUT2D eigenvalue weighted by Gasteiger charge is -2.19. The van der Waals surface area contributed by atoms with Crippen molar-refractivity contribution in [1.82, 2.24) is 0 Å². The monoisotopic (exact) mass is 324 g/mol. The molecule has 1 atom stereocenters. The number of carbonyl (C=O) groups is 2. The van der Waals surface area contributed by atoms with Gasteiger partial charge in [0.1, 0.15) is 11.8 Å². The predicted octanol–water partition coefficient (Wildman–Crippen LogP) is 3.06. The summed E-state index contributed by atoms with van der Waals surface area (Å²) in [4.78, 5) is 26.4. The summed E-state index contributed by atoms with van der Waals surface area (Å²) in [6, 6.07) is 12.4. The molecule has 0 aromatic heterocycles. The van der Waals surface area contributed by atoms with E-state index in [1.165, 1.54) is 12.0 Å². The van der Waals surface area contributed by atoms with Gasteiger partial charge >= 0.3 is 0 Å². The van der Waals surface area contributed by atoms with Crippen LogP contribution in [0.5, 0.6) is 5.75 Å². The van der Waals surface area contributed by atoms with Gasteiger partial charge in [-0.2, -0.15) is 0 Å². The van der Waals surface area contributed by atoms with Crippen LogP contribution in [0.2, 0.25) is 0 Å². The van der Waals surface area contributed by atoms with Crippen molar-refractivity contribution in [3.63, 3.8) is 0 Å². The van der Waals surface area contributed by atoms with Crippen LogP contribution < -0.4 is 15.0 Å². The van der Waals surface area contributed by atoms with Crippen LogP contribution in [0.4, 0.5) is 11.4 Å². The Morgan fingerprint density at radius 2 is 1.88 bits per heavy atom. The molecule has 0 spiro atoms. The van der Waals surface area contributed by atoms with Gasteiger partial charge in [0.25, 0.3) is 5.91 Å². The molecule has 1 saturated heterocycles. The summed E-state index contributed by atoms with van der Waals surface area (Å²) in [5, 5.41) is 3.20. The molecule has 2 aromatic carbocycles. The fourth-order valence-corrected chi connectivity index (χ4v) is 2.98. The van der Waals surface area contributed by atoms with E-state index >= 15 is 0 Å². The molecule has 1 heterocycles. The molecule has 3 rings (SSSR count). The van der Waals surface area contributed by atoms with Gasteiger partial charge in [0.15, 0.2) is 0 Å². The summed E-state index contributed by atoms with van der Waals surface area (Å²) >= 11 is 0. The van der Waals surface area contributed by atoms with E-state index in [2.05, 4.69) is 5.32 Å². The number of imide groups is 1. The number of hydrogen-bond donors (Lipinski definition) is 1. The molecule has 0 saturated carbocycles. The van der Waals surface area contributed by atoms with Crippen molar-refractivity contribution in [2.75, 3.05) is 17.3 Å². The third kappa shape index (κ3) is 2.85. The molecule has 1 N–H and O–H groups in total. The molecule has 5 heteroatoms. The molecule has 0 bridgehead atoms. The third-order valence-electron chi connectivity index (χ3n) is 4.18. The van der Waals surface area contributed by atoms with Crippen molar-refractivity contribution in [3.8, 4) is 5.75 Å². The number of methoxy groups -OCH3 is 1. The molecule has 2 aromatic rings. The Labute approximate surface area is 141 Å². The van der Waals surface area contributed by atoms with Crippen molar-refractivity contribution in [2.45, 2.75) is 26.3 Å². The number of ether oxygens (including phenoxy) is 1. The summed E-state index contributed by atoms with van der Waals surface area (Å²) in [6.45, 7) is 4.00. The van der Waals surface area contributed by atoms with Crippen LogP contribution in [0, 0.1) is 13.8 Å². The van der Waals surface area contributed by atoms with Gasteiger partial charge in [-0.25, -0.2) is 4.90 Å². The zero-order chi connectivity index (χ0) is 17.3. The summed E-state index contributed by atoms with van der Waals surface area (Å²) in [6.07, 6.45) is 0.129. The minimum atomic E-state index is -0.566. The standard InChI is InChI=1S/C19H20N2O3/c1-12-8-9-14(13(2)10-12)20-15-11-18(22)21(19(15)23)16-6-4-5-7-17(16)24-3/h4-10,15,20H,11H2,1-3H3/t15-/m1/s1. The highest BCUT2D eigenvalue weighted by Gasteiger charge is 2.40. The number of carbonyl (C=O) groups excluding carboxylic acids is 2. The van der Waals surface area contributed by atoms with Gasteiger partial charge in [-0.05, 0) is 37.6 Å². The van der Waals surface area contributed by atoms with Crippen LogP contribution in [0.1, 0.15) is 17.5 Å². The lowest BCUT2D eigenvalue weighted by molar-refractivity contribution is -0.121. The smallest absolute Gasteiger partial charge is 0.256 e. The Hall–Kier alpha value is -2.82. The SMILES string of the molecule is COc1ccccc1N1C(=O)C[C@@H](Nc2ccc(C)cc2C)C1=O. The van der Waals surface area contributed by atoms with Crippen LogP contribution in [-0.4, -0.2) is 25.0 Å². The number of para-hydroxylation sites is 2. The molecule has 24 heavy (non-hydrogen) atoms. The first-order chi connectivity index (χ1) is 11.5. The second-order valence-corrected chi connectivity index (χ2v) is 5.96. The zero-order valence-corrected chi connectivity index (χ0v) is 14.0. The predicted molar refractivity (Wildman–Crippen MR) is 93.4 cm³/mol. The third-order valence-corrected chi connectivity index (χ3v) is 4.18. The number of aryl methyl sites for hydroxylation is 2. The maximum absolute atomic E-state index is 12.8. The Morgan fingerprint density at radius 1 is 1.12 bits per heavy atom. The van der Waals surface area contributed by atoms with Crippen LogP contribution in [0.15, 0.2) is 42.5 Å². The number of nitrogens with one attached hydrogen (secondary N) is 1. The fraction of sp³-hybridized carbons (Fsp3) is 0.263. The van der Waals surface area contributed by atoms with Gasteiger partial charge in [0, 0.05) is 5.69 Å². The average Bonchev–Trinajstić information content (AvgIpc) is 2.84. The Morgan fingerprint density at radius 3 is 2.58 bits per heavy atom. The summed E-state index contributed by atoms with van der Waals surface area (Å²) < 4.78 is 5.27. The molecule has 0 unspecified atom stereocenters. The summed E-state index contributed by atoms with van der Waals surface area (Å²) in [5.74, 6) is 0.0163. The van der Waals surface area contributed by atoms with E-state index in [0.29, 0.717) is 11.4 Å². The van der Waals surface area contributed by atoms with E-state index in [-0.39, 0.29) is 18.2 Å². The molecule has 124 valence electrons. The number of rotatable bonds is 4. The highest BCUT2D eigenvalue weighted by molar-refractivity contribution is 6.23. The van der Waals surface area contributed by atoms with Crippen molar-refractivity contribution in [1.29, 1.82) is 0 Å². The molecule has 2 amide bonds. The highest BCUT2D eigenvalue weighted by atomic mass is 16.5. The first-order valence-corrected chi connectivity index (χ1v) is 7.85. The van der Waals surface area contributed by atoms with Crippen molar-refractivity contribution in [3.05, 3.63) is 53.6 Å². The van der Waals surface area contributed by atoms with E-state index in [1.54, 1.807) is 24.3 Å². The molecule has 5 nitrogen and oxygen atoms in total. The second-order valence-electron chi connectivity index (χ2n) is 5.96. The van der Waals surface area contributed by atoms with Gasteiger partial charge in [-0.1, -0.05) is 29.8 Å². The number of hydrogen-bond acceptors (Lipinski definition) is 4. The van der Waals surface area contributed by atoms with E-state index in [0.717, 1.165) is 16.8 Å². The first-order valence-electron chi connectivity index (χ1n) is 7.85. The van der Waals surface area contributed by atoms with Crippen LogP contribution in [-0.2, 0) is 9.59 Å². The lowest BCUT2D eigenvalue weighted by atomic mass is 10.1. The number of amides is 2. The Bertz CT molecular complexity index is 801. The molecule has 0 aliphatic carbocycles. The van der Waals surface area contributed by atoms with Crippen LogP contribution in [0.3, 0.4) is 0 Å². The topological polar surface area (TPSA) is 58.6 Å². The molecule has 1 aliphatic heterocycles. The van der Waals surface area contributed by atoms with Gasteiger partial charge in [-0.15, -0.1) is 0 Å². The van der Waals surface area contributed by atoms with Crippen molar-refractivity contribution < 1.29 is 14.3 Å². The molecule has 1 fully saturated rings. The van der Waals surface area contributed by atoms with Gasteiger partial charge in [-0.3, -0.25) is 9.59 Å². The number of anilines is 2. The zero-order valence-electron chi connectivity index (χ0n) is 14.0. The summed E-state index contributed by atoms with van der Waals surface area (Å²) in [5.41, 5.74) is 3.56. The minimum Gasteiger partial charge on any atom is -0.495 e. The van der Waals surface area contributed by atoms with Crippen molar-refractivity contribution in [2.24, 2.45) is 0 Å². The molecular weight excluding hydrogens is 304 g/mol. The Balaban J connectivity index is 1.86. The van der Waals surface area contributed by atoms with Gasteiger partial charge < -0.3 is 10.1 Å². The highest BCUT2D eigenvalue weighted by Crippen LogP contribution is 2.32. The maximum atomic E-state index is 12.8. The normalized spacial score (nSPS) is 17.3. The second kappa shape index (κ2) is 6.35. The quantitative estimate of drug-likeness (QED) is 0.878.